The van der Waals surface area contributed by atoms with Gasteiger partial charge < -0.3 is 0 Å². The Hall–Kier alpha value is -0.800. The van der Waals surface area contributed by atoms with E-state index in [1.165, 1.54) is 25.7 Å². The zero-order valence-electron chi connectivity index (χ0n) is 14.9. The second kappa shape index (κ2) is 17.0. The molecule has 142 valence electrons. The minimum Gasteiger partial charge on any atom is -0.251 e. The van der Waals surface area contributed by atoms with Gasteiger partial charge >= 0.3 is 6.18 Å². The SMILES string of the molecule is FCCCCC/C=C\CCCCCCC/C=C\CCCC(F)(F)F. The maximum absolute atomic E-state index is 11.9. The predicted molar refractivity (Wildman–Crippen MR) is 94.9 cm³/mol. The third-order valence-corrected chi connectivity index (χ3v) is 3.91. The predicted octanol–water partition coefficient (Wildman–Crippen LogP) is 8.09. The average molecular weight is 350 g/mol. The van der Waals surface area contributed by atoms with E-state index in [1.807, 2.05) is 12.2 Å². The first kappa shape index (κ1) is 23.2. The minimum absolute atomic E-state index is 0.197. The summed E-state index contributed by atoms with van der Waals surface area (Å²) in [4.78, 5) is 0. The van der Waals surface area contributed by atoms with Gasteiger partial charge in [0.25, 0.3) is 0 Å². The molecule has 0 aromatic heterocycles. The van der Waals surface area contributed by atoms with Gasteiger partial charge in [0, 0.05) is 6.42 Å². The van der Waals surface area contributed by atoms with E-state index in [4.69, 9.17) is 0 Å². The van der Waals surface area contributed by atoms with Crippen LogP contribution in [0.5, 0.6) is 0 Å². The lowest BCUT2D eigenvalue weighted by atomic mass is 10.1. The highest BCUT2D eigenvalue weighted by Gasteiger charge is 2.25. The van der Waals surface area contributed by atoms with Crippen LogP contribution in [0.2, 0.25) is 0 Å². The molecule has 0 amide bonds. The highest BCUT2D eigenvalue weighted by molar-refractivity contribution is 4.82. The summed E-state index contributed by atoms with van der Waals surface area (Å²) in [6, 6.07) is 0. The van der Waals surface area contributed by atoms with E-state index in [-0.39, 0.29) is 13.1 Å². The third kappa shape index (κ3) is 21.2. The fourth-order valence-corrected chi connectivity index (χ4v) is 2.48. The Kier molecular flexibility index (Phi) is 16.5. The van der Waals surface area contributed by atoms with Crippen molar-refractivity contribution in [3.05, 3.63) is 24.3 Å². The molecule has 0 unspecified atom stereocenters. The number of alkyl halides is 4. The topological polar surface area (TPSA) is 0 Å². The van der Waals surface area contributed by atoms with Crippen LogP contribution in [0.1, 0.15) is 89.9 Å². The number of halogens is 4. The van der Waals surface area contributed by atoms with Gasteiger partial charge in [-0.05, 0) is 57.8 Å². The quantitative estimate of drug-likeness (QED) is 0.150. The molecule has 0 saturated heterocycles. The first-order valence-corrected chi connectivity index (χ1v) is 9.49. The van der Waals surface area contributed by atoms with E-state index in [0.29, 0.717) is 12.8 Å². The monoisotopic (exact) mass is 350 g/mol. The van der Waals surface area contributed by atoms with E-state index in [0.717, 1.165) is 38.5 Å². The van der Waals surface area contributed by atoms with Gasteiger partial charge in [-0.1, -0.05) is 50.0 Å². The molecule has 0 aliphatic heterocycles. The van der Waals surface area contributed by atoms with Crippen LogP contribution in [0, 0.1) is 0 Å². The zero-order valence-corrected chi connectivity index (χ0v) is 14.9. The Morgan fingerprint density at radius 2 is 0.875 bits per heavy atom. The molecule has 4 heteroatoms. The smallest absolute Gasteiger partial charge is 0.251 e. The largest absolute Gasteiger partial charge is 0.389 e. The zero-order chi connectivity index (χ0) is 17.9. The van der Waals surface area contributed by atoms with Crippen molar-refractivity contribution in [1.82, 2.24) is 0 Å². The van der Waals surface area contributed by atoms with Crippen molar-refractivity contribution < 1.29 is 17.6 Å². The average Bonchev–Trinajstić information content (AvgIpc) is 2.52. The van der Waals surface area contributed by atoms with Crippen LogP contribution in [-0.2, 0) is 0 Å². The van der Waals surface area contributed by atoms with Crippen LogP contribution in [0.3, 0.4) is 0 Å². The van der Waals surface area contributed by atoms with Crippen molar-refractivity contribution in [3.63, 3.8) is 0 Å². The van der Waals surface area contributed by atoms with Gasteiger partial charge in [0.1, 0.15) is 0 Å². The molecule has 0 aromatic rings. The fourth-order valence-electron chi connectivity index (χ4n) is 2.48. The summed E-state index contributed by atoms with van der Waals surface area (Å²) in [5, 5.41) is 0. The first-order valence-electron chi connectivity index (χ1n) is 9.49. The standard InChI is InChI=1S/C20H34F4/c21-19-17-15-13-11-9-7-5-3-1-2-4-6-8-10-12-14-16-18-20(22,23)24/h7,9-10,12H,1-6,8,11,13-19H2/b9-7-,12-10-. The van der Waals surface area contributed by atoms with E-state index in [2.05, 4.69) is 12.2 Å². The van der Waals surface area contributed by atoms with Gasteiger partial charge in [0.2, 0.25) is 0 Å². The summed E-state index contributed by atoms with van der Waals surface area (Å²) < 4.78 is 47.6. The second-order valence-electron chi connectivity index (χ2n) is 6.33. The lowest BCUT2D eigenvalue weighted by Gasteiger charge is -2.03. The summed E-state index contributed by atoms with van der Waals surface area (Å²) in [5.41, 5.74) is 0. The third-order valence-electron chi connectivity index (χ3n) is 3.91. The summed E-state index contributed by atoms with van der Waals surface area (Å²) in [6.07, 6.45) is 16.3. The minimum atomic E-state index is -4.02. The maximum atomic E-state index is 11.9. The lowest BCUT2D eigenvalue weighted by molar-refractivity contribution is -0.135. The molecule has 0 heterocycles. The van der Waals surface area contributed by atoms with Gasteiger partial charge in [-0.15, -0.1) is 0 Å². The molecule has 0 nitrogen and oxygen atoms in total. The van der Waals surface area contributed by atoms with Crippen molar-refractivity contribution >= 4 is 0 Å². The number of hydrogen-bond donors (Lipinski definition) is 0. The van der Waals surface area contributed by atoms with Crippen molar-refractivity contribution in [2.24, 2.45) is 0 Å². The van der Waals surface area contributed by atoms with Crippen LogP contribution < -0.4 is 0 Å². The highest BCUT2D eigenvalue weighted by atomic mass is 19.4. The number of hydrogen-bond acceptors (Lipinski definition) is 0. The number of allylic oxidation sites excluding steroid dienone is 4. The Morgan fingerprint density at radius 1 is 0.500 bits per heavy atom. The molecule has 24 heavy (non-hydrogen) atoms. The molecule has 0 bridgehead atoms. The number of rotatable bonds is 16. The van der Waals surface area contributed by atoms with E-state index < -0.39 is 12.6 Å². The molecule has 0 radical (unpaired) electrons. The van der Waals surface area contributed by atoms with Gasteiger partial charge in [0.05, 0.1) is 6.67 Å². The first-order chi connectivity index (χ1) is 11.6. The summed E-state index contributed by atoms with van der Waals surface area (Å²) in [6.45, 7) is -0.197. The van der Waals surface area contributed by atoms with Gasteiger partial charge in [-0.2, -0.15) is 13.2 Å². The molecule has 0 atom stereocenters. The van der Waals surface area contributed by atoms with Crippen molar-refractivity contribution in [2.45, 2.75) is 96.1 Å². The van der Waals surface area contributed by atoms with Crippen LogP contribution >= 0.6 is 0 Å². The summed E-state index contributed by atoms with van der Waals surface area (Å²) in [5.74, 6) is 0. The Bertz CT molecular complexity index is 305. The lowest BCUT2D eigenvalue weighted by Crippen LogP contribution is -2.05. The fraction of sp³-hybridized carbons (Fsp3) is 0.800. The molecule has 0 saturated carbocycles. The van der Waals surface area contributed by atoms with Crippen LogP contribution in [-0.4, -0.2) is 12.9 Å². The second-order valence-corrected chi connectivity index (χ2v) is 6.33. The Balaban J connectivity index is 3.18. The van der Waals surface area contributed by atoms with Crippen LogP contribution in [0.4, 0.5) is 17.6 Å². The van der Waals surface area contributed by atoms with Gasteiger partial charge in [-0.3, -0.25) is 4.39 Å². The highest BCUT2D eigenvalue weighted by Crippen LogP contribution is 2.22. The van der Waals surface area contributed by atoms with E-state index in [9.17, 15) is 17.6 Å². The molecule has 0 N–H and O–H groups in total. The van der Waals surface area contributed by atoms with Crippen molar-refractivity contribution in [3.8, 4) is 0 Å². The van der Waals surface area contributed by atoms with Crippen LogP contribution in [0.25, 0.3) is 0 Å². The molecule has 0 aliphatic carbocycles. The maximum Gasteiger partial charge on any atom is 0.389 e. The molecule has 0 fully saturated rings. The summed E-state index contributed by atoms with van der Waals surface area (Å²) in [7, 11) is 0. The molecular formula is C20H34F4. The van der Waals surface area contributed by atoms with Gasteiger partial charge in [-0.25, -0.2) is 0 Å². The van der Waals surface area contributed by atoms with Gasteiger partial charge in [0.15, 0.2) is 0 Å². The summed E-state index contributed by atoms with van der Waals surface area (Å²) >= 11 is 0. The molecule has 0 spiro atoms. The van der Waals surface area contributed by atoms with E-state index >= 15 is 0 Å². The Labute approximate surface area is 145 Å². The Morgan fingerprint density at radius 3 is 1.29 bits per heavy atom. The van der Waals surface area contributed by atoms with Crippen molar-refractivity contribution in [2.75, 3.05) is 6.67 Å². The molecule has 0 aromatic carbocycles. The molecular weight excluding hydrogens is 316 g/mol. The molecule has 0 aliphatic rings. The van der Waals surface area contributed by atoms with Crippen molar-refractivity contribution in [1.29, 1.82) is 0 Å². The molecule has 0 rings (SSSR count). The normalized spacial score (nSPS) is 12.7. The van der Waals surface area contributed by atoms with E-state index in [1.54, 1.807) is 0 Å². The van der Waals surface area contributed by atoms with Crippen LogP contribution in [0.15, 0.2) is 24.3 Å². The number of unbranched alkanes of at least 4 members (excludes halogenated alkanes) is 10.